The molecule has 1 N–H and O–H groups in total. The molecule has 0 amide bonds. The van der Waals surface area contributed by atoms with Crippen LogP contribution in [0.3, 0.4) is 0 Å². The smallest absolute Gasteiger partial charge is 0.336 e. The number of carboxylic acid groups (broad SMARTS) is 1. The van der Waals surface area contributed by atoms with Crippen molar-refractivity contribution in [2.75, 3.05) is 0 Å². The summed E-state index contributed by atoms with van der Waals surface area (Å²) in [5.41, 5.74) is 0.252. The number of aromatic carboxylic acids is 1. The Morgan fingerprint density at radius 1 is 1.39 bits per heavy atom. The summed E-state index contributed by atoms with van der Waals surface area (Å²) in [6.45, 7) is 4.00. The third kappa shape index (κ3) is 2.22. The highest BCUT2D eigenvalue weighted by atomic mass is 79.9. The van der Waals surface area contributed by atoms with Crippen LogP contribution in [0.1, 0.15) is 10.4 Å². The molecular formula is C13H10BrNO3. The fraction of sp³-hybridized carbons (Fsp3) is 0.0769. The second-order valence-electron chi connectivity index (χ2n) is 3.82. The number of allylic oxidation sites excluding steroid dienone is 1. The van der Waals surface area contributed by atoms with E-state index in [2.05, 4.69) is 22.5 Å². The molecule has 0 fully saturated rings. The minimum absolute atomic E-state index is 0.0204. The number of para-hydroxylation sites is 1. The topological polar surface area (TPSA) is 59.3 Å². The van der Waals surface area contributed by atoms with Gasteiger partial charge in [0.05, 0.1) is 17.6 Å². The number of halogens is 1. The standard InChI is InChI=1S/C13H10BrNO3/c1-8(14)7-15-11-5-3-2-4-9(11)10(13(17)18)6-12(15)16/h2-6H,1,7H2,(H,17,18). The van der Waals surface area contributed by atoms with Gasteiger partial charge in [0.1, 0.15) is 0 Å². The quantitative estimate of drug-likeness (QED) is 0.948. The van der Waals surface area contributed by atoms with E-state index in [0.29, 0.717) is 21.9 Å². The average molecular weight is 308 g/mol. The Morgan fingerprint density at radius 2 is 2.06 bits per heavy atom. The lowest BCUT2D eigenvalue weighted by Gasteiger charge is -2.11. The monoisotopic (exact) mass is 307 g/mol. The maximum atomic E-state index is 11.9. The third-order valence-electron chi connectivity index (χ3n) is 2.58. The van der Waals surface area contributed by atoms with Gasteiger partial charge in [0, 0.05) is 15.9 Å². The van der Waals surface area contributed by atoms with E-state index in [4.69, 9.17) is 5.11 Å². The van der Waals surface area contributed by atoms with Crippen molar-refractivity contribution >= 4 is 32.8 Å². The van der Waals surface area contributed by atoms with E-state index in [1.54, 1.807) is 24.3 Å². The molecule has 4 nitrogen and oxygen atoms in total. The van der Waals surface area contributed by atoms with Gasteiger partial charge in [-0.25, -0.2) is 4.79 Å². The van der Waals surface area contributed by atoms with Crippen molar-refractivity contribution in [3.05, 3.63) is 57.3 Å². The number of benzene rings is 1. The molecule has 0 aliphatic rings. The van der Waals surface area contributed by atoms with Crippen LogP contribution in [-0.2, 0) is 6.54 Å². The summed E-state index contributed by atoms with van der Waals surface area (Å²) >= 11 is 3.21. The van der Waals surface area contributed by atoms with Gasteiger partial charge < -0.3 is 9.67 Å². The third-order valence-corrected chi connectivity index (χ3v) is 2.83. The van der Waals surface area contributed by atoms with E-state index in [1.807, 2.05) is 0 Å². The average Bonchev–Trinajstić information content (AvgIpc) is 2.31. The van der Waals surface area contributed by atoms with Gasteiger partial charge in [-0.2, -0.15) is 0 Å². The van der Waals surface area contributed by atoms with Crippen molar-refractivity contribution in [1.82, 2.24) is 4.57 Å². The molecule has 2 aromatic rings. The molecule has 92 valence electrons. The summed E-state index contributed by atoms with van der Waals surface area (Å²) in [5, 5.41) is 9.65. The van der Waals surface area contributed by atoms with E-state index < -0.39 is 5.97 Å². The van der Waals surface area contributed by atoms with Crippen LogP contribution in [0.15, 0.2) is 46.2 Å². The van der Waals surface area contributed by atoms with Crippen molar-refractivity contribution < 1.29 is 9.90 Å². The second kappa shape index (κ2) is 4.78. The summed E-state index contributed by atoms with van der Waals surface area (Å²) in [6, 6.07) is 8.05. The van der Waals surface area contributed by atoms with Crippen LogP contribution >= 0.6 is 15.9 Å². The first kappa shape index (κ1) is 12.6. The number of aromatic nitrogens is 1. The highest BCUT2D eigenvalue weighted by Crippen LogP contribution is 2.18. The molecule has 18 heavy (non-hydrogen) atoms. The Balaban J connectivity index is 2.85. The normalized spacial score (nSPS) is 10.5. The molecule has 1 aromatic heterocycles. The number of nitrogens with zero attached hydrogens (tertiary/aromatic N) is 1. The van der Waals surface area contributed by atoms with Crippen molar-refractivity contribution in [2.24, 2.45) is 0 Å². The van der Waals surface area contributed by atoms with E-state index in [9.17, 15) is 9.59 Å². The number of hydrogen-bond donors (Lipinski definition) is 1. The summed E-state index contributed by atoms with van der Waals surface area (Å²) in [5.74, 6) is -1.10. The van der Waals surface area contributed by atoms with Crippen molar-refractivity contribution in [3.8, 4) is 0 Å². The molecule has 0 radical (unpaired) electrons. The maximum Gasteiger partial charge on any atom is 0.336 e. The number of carboxylic acids is 1. The summed E-state index contributed by atoms with van der Waals surface area (Å²) in [4.78, 5) is 23.1. The van der Waals surface area contributed by atoms with Crippen LogP contribution in [0, 0.1) is 0 Å². The molecular weight excluding hydrogens is 298 g/mol. The van der Waals surface area contributed by atoms with Crippen molar-refractivity contribution in [2.45, 2.75) is 6.54 Å². The molecule has 0 aliphatic heterocycles. The Morgan fingerprint density at radius 3 is 2.67 bits per heavy atom. The number of rotatable bonds is 3. The molecule has 0 saturated heterocycles. The molecule has 1 aromatic carbocycles. The van der Waals surface area contributed by atoms with Gasteiger partial charge >= 0.3 is 5.97 Å². The van der Waals surface area contributed by atoms with Crippen LogP contribution in [0.5, 0.6) is 0 Å². The lowest BCUT2D eigenvalue weighted by molar-refractivity contribution is 0.0699. The highest BCUT2D eigenvalue weighted by Gasteiger charge is 2.13. The van der Waals surface area contributed by atoms with Gasteiger partial charge in [0.2, 0.25) is 0 Å². The Kier molecular flexibility index (Phi) is 3.34. The number of hydrogen-bond acceptors (Lipinski definition) is 2. The van der Waals surface area contributed by atoms with E-state index >= 15 is 0 Å². The first-order valence-electron chi connectivity index (χ1n) is 5.20. The molecule has 0 bridgehead atoms. The van der Waals surface area contributed by atoms with Crippen LogP contribution in [0.25, 0.3) is 10.9 Å². The molecule has 0 unspecified atom stereocenters. The zero-order valence-corrected chi connectivity index (χ0v) is 11.0. The Hall–Kier alpha value is -1.88. The van der Waals surface area contributed by atoms with Gasteiger partial charge in [-0.1, -0.05) is 40.7 Å². The summed E-state index contributed by atoms with van der Waals surface area (Å²) in [6.07, 6.45) is 0. The molecule has 1 heterocycles. The van der Waals surface area contributed by atoms with Gasteiger partial charge in [-0.3, -0.25) is 4.79 Å². The van der Waals surface area contributed by atoms with Crippen LogP contribution in [0.4, 0.5) is 0 Å². The van der Waals surface area contributed by atoms with E-state index in [0.717, 1.165) is 6.07 Å². The Bertz CT molecular complexity index is 703. The maximum absolute atomic E-state index is 11.9. The minimum Gasteiger partial charge on any atom is -0.478 e. The number of carbonyl (C=O) groups is 1. The van der Waals surface area contributed by atoms with E-state index in [-0.39, 0.29) is 11.1 Å². The first-order chi connectivity index (χ1) is 8.50. The minimum atomic E-state index is -1.10. The van der Waals surface area contributed by atoms with Crippen LogP contribution < -0.4 is 5.56 Å². The zero-order chi connectivity index (χ0) is 13.3. The van der Waals surface area contributed by atoms with Crippen molar-refractivity contribution in [1.29, 1.82) is 0 Å². The largest absolute Gasteiger partial charge is 0.478 e. The second-order valence-corrected chi connectivity index (χ2v) is 4.94. The first-order valence-corrected chi connectivity index (χ1v) is 5.99. The summed E-state index contributed by atoms with van der Waals surface area (Å²) < 4.78 is 2.14. The van der Waals surface area contributed by atoms with Crippen molar-refractivity contribution in [3.63, 3.8) is 0 Å². The number of pyridine rings is 1. The molecule has 0 atom stereocenters. The molecule has 0 spiro atoms. The van der Waals surface area contributed by atoms with Gasteiger partial charge in [0.15, 0.2) is 0 Å². The predicted octanol–water partition coefficient (Wildman–Crippen LogP) is 2.61. The zero-order valence-electron chi connectivity index (χ0n) is 9.39. The SMILES string of the molecule is C=C(Br)Cn1c(=O)cc(C(=O)O)c2ccccc21. The highest BCUT2D eigenvalue weighted by molar-refractivity contribution is 9.11. The fourth-order valence-corrected chi connectivity index (χ4v) is 2.10. The lowest BCUT2D eigenvalue weighted by atomic mass is 10.1. The van der Waals surface area contributed by atoms with Crippen LogP contribution in [0.2, 0.25) is 0 Å². The van der Waals surface area contributed by atoms with E-state index in [1.165, 1.54) is 4.57 Å². The molecule has 2 rings (SSSR count). The van der Waals surface area contributed by atoms with Gasteiger partial charge in [-0.05, 0) is 6.07 Å². The Labute approximate surface area is 111 Å². The van der Waals surface area contributed by atoms with Gasteiger partial charge in [-0.15, -0.1) is 0 Å². The molecule has 0 aliphatic carbocycles. The molecule has 5 heteroatoms. The lowest BCUT2D eigenvalue weighted by Crippen LogP contribution is -2.22. The number of fused-ring (bicyclic) bond motifs is 1. The van der Waals surface area contributed by atoms with Gasteiger partial charge in [0.25, 0.3) is 5.56 Å². The van der Waals surface area contributed by atoms with Crippen LogP contribution in [-0.4, -0.2) is 15.6 Å². The fourth-order valence-electron chi connectivity index (χ4n) is 1.85. The predicted molar refractivity (Wildman–Crippen MR) is 73.2 cm³/mol. The molecule has 0 saturated carbocycles. The summed E-state index contributed by atoms with van der Waals surface area (Å²) in [7, 11) is 0.